The summed E-state index contributed by atoms with van der Waals surface area (Å²) < 4.78 is 10.6. The van der Waals surface area contributed by atoms with E-state index in [1.54, 1.807) is 11.8 Å². The van der Waals surface area contributed by atoms with Gasteiger partial charge in [-0.1, -0.05) is 0 Å². The van der Waals surface area contributed by atoms with E-state index in [-0.39, 0.29) is 6.10 Å². The Morgan fingerprint density at radius 3 is 2.53 bits per heavy atom. The summed E-state index contributed by atoms with van der Waals surface area (Å²) in [6, 6.07) is 0.420. The largest absolute Gasteiger partial charge is 0.389 e. The van der Waals surface area contributed by atoms with E-state index in [0.717, 1.165) is 5.75 Å². The molecule has 0 aromatic carbocycles. The molecule has 0 spiro atoms. The van der Waals surface area contributed by atoms with Crippen LogP contribution in [-0.2, 0) is 9.47 Å². The second-order valence-electron chi connectivity index (χ2n) is 4.41. The van der Waals surface area contributed by atoms with Crippen LogP contribution < -0.4 is 5.32 Å². The molecule has 0 aromatic heterocycles. The average molecular weight is 265 g/mol. The lowest BCUT2D eigenvalue weighted by Crippen LogP contribution is -2.37. The maximum Gasteiger partial charge on any atom is 0.0897 e. The highest BCUT2D eigenvalue weighted by atomic mass is 32.2. The highest BCUT2D eigenvalue weighted by Crippen LogP contribution is 1.96. The van der Waals surface area contributed by atoms with Crippen molar-refractivity contribution in [3.63, 3.8) is 0 Å². The molecule has 0 bridgehead atoms. The van der Waals surface area contributed by atoms with E-state index in [2.05, 4.69) is 18.5 Å². The minimum absolute atomic E-state index is 0.234. The van der Waals surface area contributed by atoms with Crippen LogP contribution in [0.3, 0.4) is 0 Å². The van der Waals surface area contributed by atoms with Crippen molar-refractivity contribution in [3.8, 4) is 0 Å². The number of aliphatic hydroxyl groups excluding tert-OH is 1. The number of hydrogen-bond donors (Lipinski definition) is 2. The fourth-order valence-electron chi connectivity index (χ4n) is 1.27. The van der Waals surface area contributed by atoms with Crippen LogP contribution in [0.5, 0.6) is 0 Å². The SMILES string of the molecule is CSCC(C)NCC(O)COCCOC(C)C. The van der Waals surface area contributed by atoms with Gasteiger partial charge in [0.25, 0.3) is 0 Å². The molecule has 17 heavy (non-hydrogen) atoms. The second-order valence-corrected chi connectivity index (χ2v) is 5.32. The molecule has 4 nitrogen and oxygen atoms in total. The van der Waals surface area contributed by atoms with Gasteiger partial charge in [-0.25, -0.2) is 0 Å². The lowest BCUT2D eigenvalue weighted by molar-refractivity contribution is -0.0103. The highest BCUT2D eigenvalue weighted by Gasteiger charge is 2.06. The van der Waals surface area contributed by atoms with Crippen molar-refractivity contribution in [2.45, 2.75) is 39.0 Å². The molecule has 0 rings (SSSR count). The normalized spacial score (nSPS) is 15.2. The quantitative estimate of drug-likeness (QED) is 0.549. The predicted molar refractivity (Wildman–Crippen MR) is 73.8 cm³/mol. The van der Waals surface area contributed by atoms with Gasteiger partial charge in [-0.05, 0) is 27.0 Å². The van der Waals surface area contributed by atoms with Crippen LogP contribution in [0.1, 0.15) is 20.8 Å². The third-order valence-corrected chi connectivity index (χ3v) is 2.94. The van der Waals surface area contributed by atoms with Gasteiger partial charge in [0.15, 0.2) is 0 Å². The molecular weight excluding hydrogens is 238 g/mol. The molecule has 0 fully saturated rings. The Labute approximate surface area is 109 Å². The van der Waals surface area contributed by atoms with Crippen LogP contribution >= 0.6 is 11.8 Å². The van der Waals surface area contributed by atoms with Gasteiger partial charge in [-0.3, -0.25) is 0 Å². The smallest absolute Gasteiger partial charge is 0.0897 e. The van der Waals surface area contributed by atoms with Crippen LogP contribution in [0.2, 0.25) is 0 Å². The highest BCUT2D eigenvalue weighted by molar-refractivity contribution is 7.98. The van der Waals surface area contributed by atoms with E-state index < -0.39 is 6.10 Å². The summed E-state index contributed by atoms with van der Waals surface area (Å²) in [6.45, 7) is 8.15. The van der Waals surface area contributed by atoms with Gasteiger partial charge < -0.3 is 19.9 Å². The van der Waals surface area contributed by atoms with Crippen molar-refractivity contribution in [1.29, 1.82) is 0 Å². The zero-order valence-corrected chi connectivity index (χ0v) is 12.3. The first-order chi connectivity index (χ1) is 8.06. The maximum atomic E-state index is 9.64. The Bertz CT molecular complexity index is 170. The third-order valence-electron chi connectivity index (χ3n) is 2.11. The summed E-state index contributed by atoms with van der Waals surface area (Å²) >= 11 is 1.80. The first-order valence-electron chi connectivity index (χ1n) is 6.16. The number of hydrogen-bond acceptors (Lipinski definition) is 5. The van der Waals surface area contributed by atoms with Crippen molar-refractivity contribution in [3.05, 3.63) is 0 Å². The Morgan fingerprint density at radius 1 is 1.24 bits per heavy atom. The molecule has 2 N–H and O–H groups in total. The molecule has 0 aliphatic carbocycles. The minimum atomic E-state index is -0.446. The second kappa shape index (κ2) is 11.3. The summed E-state index contributed by atoms with van der Waals surface area (Å²) in [5, 5.41) is 12.9. The average Bonchev–Trinajstić information content (AvgIpc) is 2.26. The summed E-state index contributed by atoms with van der Waals surface area (Å²) in [5.74, 6) is 1.05. The Balaban J connectivity index is 3.31. The summed E-state index contributed by atoms with van der Waals surface area (Å²) in [6.07, 6.45) is 1.86. The van der Waals surface area contributed by atoms with Crippen LogP contribution in [-0.4, -0.2) is 61.7 Å². The molecule has 104 valence electrons. The lowest BCUT2D eigenvalue weighted by atomic mass is 10.3. The molecule has 0 saturated carbocycles. The van der Waals surface area contributed by atoms with Gasteiger partial charge in [0.1, 0.15) is 0 Å². The standard InChI is InChI=1S/C12H27NO3S/c1-10(2)16-6-5-15-8-12(14)7-13-11(3)9-17-4/h10-14H,5-9H2,1-4H3. The number of nitrogens with one attached hydrogen (secondary N) is 1. The maximum absolute atomic E-state index is 9.64. The molecule has 0 heterocycles. The molecule has 0 aliphatic heterocycles. The Morgan fingerprint density at radius 2 is 1.94 bits per heavy atom. The number of aliphatic hydroxyl groups is 1. The molecule has 0 radical (unpaired) electrons. The van der Waals surface area contributed by atoms with Crippen molar-refractivity contribution in [1.82, 2.24) is 5.32 Å². The number of rotatable bonds is 11. The monoisotopic (exact) mass is 265 g/mol. The van der Waals surface area contributed by atoms with Gasteiger partial charge in [0, 0.05) is 18.3 Å². The van der Waals surface area contributed by atoms with Gasteiger partial charge in [0.05, 0.1) is 32.0 Å². The molecule has 0 saturated heterocycles. The number of thioether (sulfide) groups is 1. The van der Waals surface area contributed by atoms with Gasteiger partial charge in [-0.2, -0.15) is 11.8 Å². The van der Waals surface area contributed by atoms with E-state index in [1.807, 2.05) is 13.8 Å². The van der Waals surface area contributed by atoms with Gasteiger partial charge >= 0.3 is 0 Å². The third kappa shape index (κ3) is 12.4. The van der Waals surface area contributed by atoms with Crippen LogP contribution in [0, 0.1) is 0 Å². The zero-order valence-electron chi connectivity index (χ0n) is 11.4. The van der Waals surface area contributed by atoms with Crippen molar-refractivity contribution >= 4 is 11.8 Å². The van der Waals surface area contributed by atoms with E-state index >= 15 is 0 Å². The van der Waals surface area contributed by atoms with E-state index in [9.17, 15) is 5.11 Å². The summed E-state index contributed by atoms with van der Waals surface area (Å²) in [4.78, 5) is 0. The molecule has 0 amide bonds. The lowest BCUT2D eigenvalue weighted by Gasteiger charge is -2.16. The Hall–Kier alpha value is 0.190. The first-order valence-corrected chi connectivity index (χ1v) is 7.55. The molecule has 2 unspecified atom stereocenters. The van der Waals surface area contributed by atoms with Crippen molar-refractivity contribution in [2.24, 2.45) is 0 Å². The predicted octanol–water partition coefficient (Wildman–Crippen LogP) is 1.13. The molecule has 0 aliphatic rings. The van der Waals surface area contributed by atoms with Gasteiger partial charge in [0.2, 0.25) is 0 Å². The molecule has 2 atom stereocenters. The number of ether oxygens (including phenoxy) is 2. The zero-order chi connectivity index (χ0) is 13.1. The fourth-order valence-corrected chi connectivity index (χ4v) is 1.89. The van der Waals surface area contributed by atoms with Crippen LogP contribution in [0.25, 0.3) is 0 Å². The molecule has 0 aromatic rings. The van der Waals surface area contributed by atoms with Crippen LogP contribution in [0.15, 0.2) is 0 Å². The molecule has 5 heteroatoms. The molecular formula is C12H27NO3S. The minimum Gasteiger partial charge on any atom is -0.389 e. The van der Waals surface area contributed by atoms with E-state index in [4.69, 9.17) is 9.47 Å². The summed E-state index contributed by atoms with van der Waals surface area (Å²) in [5.41, 5.74) is 0. The van der Waals surface area contributed by atoms with Crippen molar-refractivity contribution < 1.29 is 14.6 Å². The van der Waals surface area contributed by atoms with E-state index in [1.165, 1.54) is 0 Å². The summed E-state index contributed by atoms with van der Waals surface area (Å²) in [7, 11) is 0. The topological polar surface area (TPSA) is 50.7 Å². The Kier molecular flexibility index (Phi) is 11.4. The van der Waals surface area contributed by atoms with Crippen LogP contribution in [0.4, 0.5) is 0 Å². The van der Waals surface area contributed by atoms with Gasteiger partial charge in [-0.15, -0.1) is 0 Å². The first kappa shape index (κ1) is 17.2. The fraction of sp³-hybridized carbons (Fsp3) is 1.00. The van der Waals surface area contributed by atoms with E-state index in [0.29, 0.717) is 32.4 Å². The van der Waals surface area contributed by atoms with Crippen molar-refractivity contribution in [2.75, 3.05) is 38.4 Å².